The molecule has 0 aliphatic carbocycles. The third-order valence-electron chi connectivity index (χ3n) is 3.93. The first-order valence-corrected chi connectivity index (χ1v) is 8.00. The normalized spacial score (nSPS) is 30.3. The molecule has 2 rings (SSSR count). The van der Waals surface area contributed by atoms with E-state index in [-0.39, 0.29) is 17.6 Å². The second kappa shape index (κ2) is 4.48. The number of nitriles is 1. The molecule has 0 saturated carbocycles. The fourth-order valence-corrected chi connectivity index (χ4v) is 4.59. The first-order chi connectivity index (χ1) is 8.25. The van der Waals surface area contributed by atoms with Gasteiger partial charge in [0.25, 0.3) is 0 Å². The average Bonchev–Trinajstić information content (AvgIpc) is 2.49. The minimum absolute atomic E-state index is 0.0568. The summed E-state index contributed by atoms with van der Waals surface area (Å²) in [7, 11) is -3.39. The molecule has 2 aliphatic heterocycles. The van der Waals surface area contributed by atoms with Crippen LogP contribution in [0.25, 0.3) is 0 Å². The highest BCUT2D eigenvalue weighted by Crippen LogP contribution is 2.35. The van der Waals surface area contributed by atoms with Gasteiger partial charge in [-0.15, -0.1) is 0 Å². The molecule has 0 amide bonds. The molecule has 0 aromatic heterocycles. The molecule has 0 aromatic carbocycles. The summed E-state index contributed by atoms with van der Waals surface area (Å²) in [5, 5.41) is 8.64. The first-order valence-electron chi connectivity index (χ1n) is 6.39. The van der Waals surface area contributed by atoms with Crippen LogP contribution in [-0.2, 0) is 10.0 Å². The molecule has 2 atom stereocenters. The summed E-state index contributed by atoms with van der Waals surface area (Å²) >= 11 is 0. The van der Waals surface area contributed by atoms with E-state index in [9.17, 15) is 8.42 Å². The lowest BCUT2D eigenvalue weighted by Gasteiger charge is -2.45. The van der Waals surface area contributed by atoms with Gasteiger partial charge in [-0.05, 0) is 33.6 Å². The molecule has 2 fully saturated rings. The van der Waals surface area contributed by atoms with E-state index in [0.717, 1.165) is 25.9 Å². The van der Waals surface area contributed by atoms with Gasteiger partial charge in [0.05, 0.1) is 6.07 Å². The summed E-state index contributed by atoms with van der Waals surface area (Å²) < 4.78 is 25.8. The molecular weight excluding hydrogens is 250 g/mol. The molecule has 2 heterocycles. The monoisotopic (exact) mass is 271 g/mol. The van der Waals surface area contributed by atoms with Gasteiger partial charge in [0.2, 0.25) is 10.0 Å². The van der Waals surface area contributed by atoms with Gasteiger partial charge in [-0.3, -0.25) is 4.90 Å². The van der Waals surface area contributed by atoms with Crippen LogP contribution in [0.2, 0.25) is 0 Å². The van der Waals surface area contributed by atoms with Crippen LogP contribution in [0.3, 0.4) is 0 Å². The van der Waals surface area contributed by atoms with E-state index in [1.54, 1.807) is 10.4 Å². The number of fused-ring (bicyclic) bond motifs is 2. The predicted molar refractivity (Wildman–Crippen MR) is 69.4 cm³/mol. The minimum atomic E-state index is -3.39. The van der Waals surface area contributed by atoms with Crippen molar-refractivity contribution in [3.8, 4) is 6.07 Å². The minimum Gasteiger partial charge on any atom is -0.295 e. The zero-order chi connectivity index (χ0) is 13.6. The quantitative estimate of drug-likeness (QED) is 0.745. The van der Waals surface area contributed by atoms with Crippen molar-refractivity contribution < 1.29 is 8.42 Å². The van der Waals surface area contributed by atoms with Crippen molar-refractivity contribution in [1.82, 2.24) is 9.21 Å². The Kier molecular flexibility index (Phi) is 3.43. The van der Waals surface area contributed by atoms with E-state index in [4.69, 9.17) is 5.26 Å². The van der Waals surface area contributed by atoms with Crippen molar-refractivity contribution in [3.05, 3.63) is 0 Å². The molecule has 0 aromatic rings. The molecule has 2 saturated heterocycles. The number of rotatable bonds is 2. The third kappa shape index (κ3) is 2.40. The molecule has 2 aliphatic rings. The van der Waals surface area contributed by atoms with Gasteiger partial charge in [0, 0.05) is 30.7 Å². The fourth-order valence-electron chi connectivity index (χ4n) is 3.02. The van der Waals surface area contributed by atoms with Gasteiger partial charge in [-0.1, -0.05) is 0 Å². The van der Waals surface area contributed by atoms with E-state index in [0.29, 0.717) is 0 Å². The van der Waals surface area contributed by atoms with Crippen molar-refractivity contribution in [2.75, 3.05) is 18.8 Å². The number of nitrogens with zero attached hydrogens (tertiary/aromatic N) is 3. The molecule has 0 N–H and O–H groups in total. The Hall–Kier alpha value is -0.640. The average molecular weight is 271 g/mol. The summed E-state index contributed by atoms with van der Waals surface area (Å²) in [6.45, 7) is 8.04. The molecule has 102 valence electrons. The zero-order valence-electron chi connectivity index (χ0n) is 11.3. The van der Waals surface area contributed by atoms with Crippen LogP contribution in [-0.4, -0.2) is 54.1 Å². The largest absolute Gasteiger partial charge is 0.295 e. The van der Waals surface area contributed by atoms with E-state index in [1.807, 2.05) is 0 Å². The first kappa shape index (κ1) is 13.8. The Morgan fingerprint density at radius 3 is 2.11 bits per heavy atom. The number of sulfonamides is 1. The van der Waals surface area contributed by atoms with Crippen molar-refractivity contribution >= 4 is 10.0 Å². The lowest BCUT2D eigenvalue weighted by atomic mass is 10.0. The highest BCUT2D eigenvalue weighted by molar-refractivity contribution is 7.89. The Balaban J connectivity index is 2.19. The van der Waals surface area contributed by atoms with E-state index in [2.05, 4.69) is 25.7 Å². The highest BCUT2D eigenvalue weighted by atomic mass is 32.2. The van der Waals surface area contributed by atoms with Crippen LogP contribution in [0.5, 0.6) is 0 Å². The summed E-state index contributed by atoms with van der Waals surface area (Å²) in [5.74, 6) is -0.393. The van der Waals surface area contributed by atoms with E-state index in [1.165, 1.54) is 0 Å². The fraction of sp³-hybridized carbons (Fsp3) is 0.917. The number of hydrogen-bond donors (Lipinski definition) is 0. The van der Waals surface area contributed by atoms with E-state index >= 15 is 0 Å². The molecular formula is C12H21N3O2S. The molecule has 2 bridgehead atoms. The SMILES string of the molecule is CC(C)(C)N1CC2CCC(C1)N2S(=O)(=O)CC#N. The topological polar surface area (TPSA) is 64.4 Å². The second-order valence-corrected chi connectivity index (χ2v) is 8.08. The van der Waals surface area contributed by atoms with Crippen LogP contribution in [0.15, 0.2) is 0 Å². The van der Waals surface area contributed by atoms with Gasteiger partial charge in [0.1, 0.15) is 0 Å². The lowest BCUT2D eigenvalue weighted by Crippen LogP contribution is -2.60. The number of hydrogen-bond acceptors (Lipinski definition) is 4. The highest BCUT2D eigenvalue weighted by Gasteiger charge is 2.47. The van der Waals surface area contributed by atoms with Crippen molar-refractivity contribution in [2.45, 2.75) is 51.2 Å². The standard InChI is InChI=1S/C12H21N3O2S/c1-12(2,3)14-8-10-4-5-11(9-14)15(10)18(16,17)7-6-13/h10-11H,4-5,7-9H2,1-3H3. The zero-order valence-corrected chi connectivity index (χ0v) is 12.1. The van der Waals surface area contributed by atoms with Gasteiger partial charge in [0.15, 0.2) is 5.75 Å². The van der Waals surface area contributed by atoms with Crippen molar-refractivity contribution in [3.63, 3.8) is 0 Å². The third-order valence-corrected chi connectivity index (χ3v) is 5.66. The molecule has 0 spiro atoms. The van der Waals surface area contributed by atoms with Crippen molar-refractivity contribution in [2.24, 2.45) is 0 Å². The number of piperazine rings is 1. The maximum atomic E-state index is 12.1. The van der Waals surface area contributed by atoms with Crippen molar-refractivity contribution in [1.29, 1.82) is 5.26 Å². The van der Waals surface area contributed by atoms with Crippen LogP contribution in [0.4, 0.5) is 0 Å². The molecule has 2 unspecified atom stereocenters. The molecule has 18 heavy (non-hydrogen) atoms. The molecule has 6 heteroatoms. The Bertz CT molecular complexity index is 447. The predicted octanol–water partition coefficient (Wildman–Crippen LogP) is 0.787. The Labute approximate surface area is 109 Å². The van der Waals surface area contributed by atoms with Gasteiger partial charge in [-0.2, -0.15) is 9.57 Å². The van der Waals surface area contributed by atoms with Crippen LogP contribution in [0, 0.1) is 11.3 Å². The summed E-state index contributed by atoms with van der Waals surface area (Å²) in [5.41, 5.74) is 0.0753. The maximum absolute atomic E-state index is 12.1. The second-order valence-electron chi connectivity index (χ2n) is 6.21. The van der Waals surface area contributed by atoms with Crippen LogP contribution in [0.1, 0.15) is 33.6 Å². The van der Waals surface area contributed by atoms with Crippen LogP contribution < -0.4 is 0 Å². The summed E-state index contributed by atoms with van der Waals surface area (Å²) in [6, 6.07) is 1.89. The maximum Gasteiger partial charge on any atom is 0.228 e. The van der Waals surface area contributed by atoms with Gasteiger partial charge >= 0.3 is 0 Å². The lowest BCUT2D eigenvalue weighted by molar-refractivity contribution is 0.0548. The molecule has 5 nitrogen and oxygen atoms in total. The summed E-state index contributed by atoms with van der Waals surface area (Å²) in [6.07, 6.45) is 1.84. The summed E-state index contributed by atoms with van der Waals surface area (Å²) in [4.78, 5) is 2.35. The van der Waals surface area contributed by atoms with Gasteiger partial charge in [-0.25, -0.2) is 8.42 Å². The number of likely N-dealkylation sites (tertiary alicyclic amines) is 1. The van der Waals surface area contributed by atoms with Crippen LogP contribution >= 0.6 is 0 Å². The Morgan fingerprint density at radius 2 is 1.72 bits per heavy atom. The van der Waals surface area contributed by atoms with E-state index < -0.39 is 15.8 Å². The van der Waals surface area contributed by atoms with Gasteiger partial charge < -0.3 is 0 Å². The molecule has 0 radical (unpaired) electrons. The Morgan fingerprint density at radius 1 is 1.22 bits per heavy atom. The smallest absolute Gasteiger partial charge is 0.228 e.